The number of carbonyl (C=O) groups excluding carboxylic acids is 1. The van der Waals surface area contributed by atoms with Crippen LogP contribution in [0.4, 0.5) is 4.79 Å². The molecule has 0 saturated carbocycles. The fourth-order valence-corrected chi connectivity index (χ4v) is 0.942. The lowest BCUT2D eigenvalue weighted by atomic mass is 10.2. The highest BCUT2D eigenvalue weighted by molar-refractivity contribution is 5.67. The van der Waals surface area contributed by atoms with Crippen molar-refractivity contribution in [2.45, 2.75) is 13.5 Å². The van der Waals surface area contributed by atoms with Crippen LogP contribution in [-0.4, -0.2) is 6.09 Å². The van der Waals surface area contributed by atoms with Crippen molar-refractivity contribution >= 4 is 6.09 Å². The molecule has 0 radical (unpaired) electrons. The Morgan fingerprint density at radius 3 is 2.79 bits per heavy atom. The Balaban J connectivity index is 2.31. The number of amides is 1. The zero-order chi connectivity index (χ0) is 10.2. The van der Waals surface area contributed by atoms with E-state index >= 15 is 0 Å². The maximum Gasteiger partial charge on any atom is 0.412 e. The molecular formula is C11H13NO2. The second-order valence-corrected chi connectivity index (χ2v) is 2.71. The van der Waals surface area contributed by atoms with Crippen molar-refractivity contribution in [1.82, 2.24) is 5.32 Å². The minimum atomic E-state index is -0.438. The third kappa shape index (κ3) is 3.76. The molecule has 1 aromatic carbocycles. The Labute approximate surface area is 83.4 Å². The summed E-state index contributed by atoms with van der Waals surface area (Å²) in [5.74, 6) is 0. The van der Waals surface area contributed by atoms with E-state index in [1.54, 1.807) is 13.0 Å². The predicted molar refractivity (Wildman–Crippen MR) is 54.6 cm³/mol. The van der Waals surface area contributed by atoms with E-state index in [0.717, 1.165) is 5.56 Å². The molecule has 1 N–H and O–H groups in total. The van der Waals surface area contributed by atoms with E-state index in [2.05, 4.69) is 10.1 Å². The molecule has 0 saturated heterocycles. The topological polar surface area (TPSA) is 38.3 Å². The van der Waals surface area contributed by atoms with Crippen LogP contribution in [0.5, 0.6) is 0 Å². The number of carbonyl (C=O) groups is 1. The predicted octanol–water partition coefficient (Wildman–Crippen LogP) is 2.45. The molecule has 74 valence electrons. The first-order valence-electron chi connectivity index (χ1n) is 4.42. The Morgan fingerprint density at radius 2 is 2.14 bits per heavy atom. The summed E-state index contributed by atoms with van der Waals surface area (Å²) in [6, 6.07) is 9.66. The first-order chi connectivity index (χ1) is 6.83. The Hall–Kier alpha value is -1.77. The van der Waals surface area contributed by atoms with Gasteiger partial charge in [-0.3, -0.25) is 0 Å². The van der Waals surface area contributed by atoms with Gasteiger partial charge in [0.2, 0.25) is 0 Å². The number of nitrogens with one attached hydrogen (secondary N) is 1. The Morgan fingerprint density at radius 1 is 1.43 bits per heavy atom. The highest BCUT2D eigenvalue weighted by Crippen LogP contribution is 1.97. The van der Waals surface area contributed by atoms with Crippen LogP contribution in [-0.2, 0) is 11.3 Å². The molecule has 0 fully saturated rings. The van der Waals surface area contributed by atoms with Gasteiger partial charge in [0.1, 0.15) is 0 Å². The zero-order valence-corrected chi connectivity index (χ0v) is 8.07. The van der Waals surface area contributed by atoms with Gasteiger partial charge in [-0.25, -0.2) is 4.79 Å². The van der Waals surface area contributed by atoms with Crippen LogP contribution in [0.2, 0.25) is 0 Å². The fraction of sp³-hybridized carbons (Fsp3) is 0.182. The normalized spacial score (nSPS) is 10.1. The fourth-order valence-electron chi connectivity index (χ4n) is 0.942. The number of rotatable bonds is 3. The molecule has 0 aliphatic carbocycles. The minimum Gasteiger partial charge on any atom is -0.419 e. The molecule has 0 aromatic heterocycles. The minimum absolute atomic E-state index is 0.438. The maximum atomic E-state index is 11.0. The van der Waals surface area contributed by atoms with E-state index in [4.69, 9.17) is 0 Å². The molecule has 0 spiro atoms. The van der Waals surface area contributed by atoms with Gasteiger partial charge in [0, 0.05) is 6.54 Å². The van der Waals surface area contributed by atoms with Crippen LogP contribution in [0.25, 0.3) is 0 Å². The lowest BCUT2D eigenvalue weighted by Gasteiger charge is -2.02. The smallest absolute Gasteiger partial charge is 0.412 e. The SMILES string of the molecule is CC=COC(=O)NCc1ccccc1. The molecule has 0 unspecified atom stereocenters. The van der Waals surface area contributed by atoms with Crippen LogP contribution in [0.15, 0.2) is 42.7 Å². The summed E-state index contributed by atoms with van der Waals surface area (Å²) in [6.45, 7) is 2.27. The van der Waals surface area contributed by atoms with Crippen molar-refractivity contribution in [3.8, 4) is 0 Å². The molecule has 0 aliphatic heterocycles. The van der Waals surface area contributed by atoms with Crippen molar-refractivity contribution in [3.05, 3.63) is 48.2 Å². The highest BCUT2D eigenvalue weighted by Gasteiger charge is 1.98. The number of alkyl carbamates (subject to hydrolysis) is 1. The maximum absolute atomic E-state index is 11.0. The third-order valence-corrected chi connectivity index (χ3v) is 1.59. The van der Waals surface area contributed by atoms with Crippen molar-refractivity contribution in [1.29, 1.82) is 0 Å². The van der Waals surface area contributed by atoms with Crippen molar-refractivity contribution < 1.29 is 9.53 Å². The molecule has 0 aliphatic rings. The summed E-state index contributed by atoms with van der Waals surface area (Å²) in [6.07, 6.45) is 2.56. The van der Waals surface area contributed by atoms with Gasteiger partial charge in [0.25, 0.3) is 0 Å². The molecule has 0 heterocycles. The molecule has 0 atom stereocenters. The van der Waals surface area contributed by atoms with Crippen LogP contribution < -0.4 is 5.32 Å². The first kappa shape index (κ1) is 10.3. The molecule has 0 bridgehead atoms. The monoisotopic (exact) mass is 191 g/mol. The standard InChI is InChI=1S/C11H13NO2/c1-2-8-14-11(13)12-9-10-6-4-3-5-7-10/h2-8H,9H2,1H3,(H,12,13). The van der Waals surface area contributed by atoms with Crippen molar-refractivity contribution in [2.24, 2.45) is 0 Å². The van der Waals surface area contributed by atoms with E-state index in [9.17, 15) is 4.79 Å². The number of allylic oxidation sites excluding steroid dienone is 1. The van der Waals surface area contributed by atoms with Crippen molar-refractivity contribution in [3.63, 3.8) is 0 Å². The van der Waals surface area contributed by atoms with Gasteiger partial charge in [0.15, 0.2) is 0 Å². The van der Waals surface area contributed by atoms with Crippen LogP contribution in [0.1, 0.15) is 12.5 Å². The second kappa shape index (κ2) is 5.80. The van der Waals surface area contributed by atoms with Gasteiger partial charge in [0.05, 0.1) is 6.26 Å². The van der Waals surface area contributed by atoms with Gasteiger partial charge >= 0.3 is 6.09 Å². The largest absolute Gasteiger partial charge is 0.419 e. The lowest BCUT2D eigenvalue weighted by molar-refractivity contribution is 0.185. The second-order valence-electron chi connectivity index (χ2n) is 2.71. The summed E-state index contributed by atoms with van der Waals surface area (Å²) >= 11 is 0. The van der Waals surface area contributed by atoms with Crippen LogP contribution in [0, 0.1) is 0 Å². The van der Waals surface area contributed by atoms with Crippen LogP contribution >= 0.6 is 0 Å². The van der Waals surface area contributed by atoms with E-state index in [1.807, 2.05) is 30.3 Å². The summed E-state index contributed by atoms with van der Waals surface area (Å²) < 4.78 is 4.68. The van der Waals surface area contributed by atoms with Gasteiger partial charge in [-0.15, -0.1) is 0 Å². The number of hydrogen-bond acceptors (Lipinski definition) is 2. The average molecular weight is 191 g/mol. The summed E-state index contributed by atoms with van der Waals surface area (Å²) in [4.78, 5) is 11.0. The summed E-state index contributed by atoms with van der Waals surface area (Å²) in [5.41, 5.74) is 1.05. The van der Waals surface area contributed by atoms with E-state index in [1.165, 1.54) is 6.26 Å². The quantitative estimate of drug-likeness (QED) is 0.745. The molecule has 14 heavy (non-hydrogen) atoms. The van der Waals surface area contributed by atoms with E-state index in [0.29, 0.717) is 6.54 Å². The lowest BCUT2D eigenvalue weighted by Crippen LogP contribution is -2.21. The molecular weight excluding hydrogens is 178 g/mol. The molecule has 1 amide bonds. The molecule has 1 aromatic rings. The average Bonchev–Trinajstić information content (AvgIpc) is 2.25. The number of ether oxygens (including phenoxy) is 1. The Bertz CT molecular complexity index is 306. The summed E-state index contributed by atoms with van der Waals surface area (Å²) in [5, 5.41) is 2.62. The molecule has 3 nitrogen and oxygen atoms in total. The van der Waals surface area contributed by atoms with E-state index in [-0.39, 0.29) is 0 Å². The van der Waals surface area contributed by atoms with Gasteiger partial charge in [-0.1, -0.05) is 36.4 Å². The molecule has 1 rings (SSSR count). The van der Waals surface area contributed by atoms with Crippen molar-refractivity contribution in [2.75, 3.05) is 0 Å². The van der Waals surface area contributed by atoms with Gasteiger partial charge in [-0.2, -0.15) is 0 Å². The first-order valence-corrected chi connectivity index (χ1v) is 4.42. The van der Waals surface area contributed by atoms with Gasteiger partial charge in [-0.05, 0) is 12.5 Å². The zero-order valence-electron chi connectivity index (χ0n) is 8.07. The van der Waals surface area contributed by atoms with Crippen LogP contribution in [0.3, 0.4) is 0 Å². The number of benzene rings is 1. The highest BCUT2D eigenvalue weighted by atomic mass is 16.5. The third-order valence-electron chi connectivity index (χ3n) is 1.59. The Kier molecular flexibility index (Phi) is 4.27. The number of hydrogen-bond donors (Lipinski definition) is 1. The van der Waals surface area contributed by atoms with Gasteiger partial charge < -0.3 is 10.1 Å². The van der Waals surface area contributed by atoms with E-state index < -0.39 is 6.09 Å². The molecule has 3 heteroatoms. The summed E-state index contributed by atoms with van der Waals surface area (Å²) in [7, 11) is 0.